The van der Waals surface area contributed by atoms with Gasteiger partial charge < -0.3 is 58.4 Å². The number of oxime groups is 2. The van der Waals surface area contributed by atoms with E-state index in [-0.39, 0.29) is 23.8 Å². The molecule has 20 nitrogen and oxygen atoms in total. The zero-order valence-electron chi connectivity index (χ0n) is 44.2. The molecule has 2 saturated carbocycles. The minimum Gasteiger partial charge on any atom is -0.504 e. The Bertz CT molecular complexity index is 3330. The molecule has 5 fully saturated rings. The molecule has 6 aliphatic carbocycles. The summed E-state index contributed by atoms with van der Waals surface area (Å²) in [5, 5.41) is 44.1. The molecule has 16 rings (SSSR count). The number of likely N-dealkylation sites (N-methyl/N-ethyl adjacent to an activating group) is 3. The van der Waals surface area contributed by atoms with Crippen LogP contribution in [0.2, 0.25) is 0 Å². The van der Waals surface area contributed by atoms with Crippen LogP contribution in [0, 0.1) is 5.92 Å². The number of hydrogen-bond donors (Lipinski definition) is 3. The van der Waals surface area contributed by atoms with Crippen molar-refractivity contribution in [1.29, 1.82) is 0 Å². The lowest BCUT2D eigenvalue weighted by molar-refractivity contribution is -0.161. The summed E-state index contributed by atoms with van der Waals surface area (Å²) in [7, 11) is 9.56. The minimum absolute atomic E-state index is 0.00533. The van der Waals surface area contributed by atoms with Crippen LogP contribution in [0.5, 0.6) is 34.5 Å². The Balaban J connectivity index is 0.000000148. The predicted molar refractivity (Wildman–Crippen MR) is 278 cm³/mol. The van der Waals surface area contributed by atoms with E-state index in [4.69, 9.17) is 38.1 Å². The van der Waals surface area contributed by atoms with Crippen molar-refractivity contribution in [3.8, 4) is 34.5 Å². The van der Waals surface area contributed by atoms with Gasteiger partial charge in [0.25, 0.3) is 0 Å². The summed E-state index contributed by atoms with van der Waals surface area (Å²) in [6, 6.07) is 12.0. The van der Waals surface area contributed by atoms with Crippen LogP contribution in [0.25, 0.3) is 0 Å². The largest absolute Gasteiger partial charge is 0.535 e. The van der Waals surface area contributed by atoms with Gasteiger partial charge in [-0.05, 0) is 146 Å². The van der Waals surface area contributed by atoms with Gasteiger partial charge in [-0.1, -0.05) is 34.6 Å². The Kier molecular flexibility index (Phi) is 10.3. The lowest BCUT2D eigenvalue weighted by Gasteiger charge is -2.62. The minimum atomic E-state index is -1.03. The van der Waals surface area contributed by atoms with E-state index < -0.39 is 64.1 Å². The predicted octanol–water partition coefficient (Wildman–Crippen LogP) is 4.92. The van der Waals surface area contributed by atoms with Crippen molar-refractivity contribution in [3.05, 3.63) is 101 Å². The molecule has 1 aromatic heterocycles. The van der Waals surface area contributed by atoms with Gasteiger partial charge >= 0.3 is 12.2 Å². The molecule has 13 atom stereocenters. The topological polar surface area (TPSA) is 221 Å². The molecule has 7 heterocycles. The summed E-state index contributed by atoms with van der Waals surface area (Å²) in [6.07, 6.45) is 11.1. The number of piperidine rings is 3. The maximum Gasteiger partial charge on any atom is 0.535 e. The molecule has 3 saturated heterocycles. The first-order chi connectivity index (χ1) is 37.7. The number of aromatic hydroxyl groups is 1. The number of benzene rings is 3. The number of carbonyl (C=O) groups excluding carboxylic acids is 2. The van der Waals surface area contributed by atoms with Gasteiger partial charge in [0.05, 0.1) is 47.7 Å². The van der Waals surface area contributed by atoms with Gasteiger partial charge in [-0.2, -0.15) is 0 Å². The van der Waals surface area contributed by atoms with E-state index in [1.165, 1.54) is 34.4 Å². The number of nitrogens with zero attached hydrogens (tertiary/aromatic N) is 7. The molecule has 12 aliphatic rings. The number of hydrogen-bond acceptors (Lipinski definition) is 19. The lowest BCUT2D eigenvalue weighted by Crippen LogP contribution is -2.76. The highest BCUT2D eigenvalue weighted by Crippen LogP contribution is 2.67. The second-order valence-electron chi connectivity index (χ2n) is 23.8. The molecule has 3 spiro atoms. The molecule has 0 amide bonds. The normalized spacial score (nSPS) is 38.1. The van der Waals surface area contributed by atoms with E-state index in [1.807, 2.05) is 24.3 Å². The highest BCUT2D eigenvalue weighted by Gasteiger charge is 2.74. The summed E-state index contributed by atoms with van der Waals surface area (Å²) >= 11 is 0. The number of imidazole rings is 1. The molecule has 6 bridgehead atoms. The van der Waals surface area contributed by atoms with Crippen molar-refractivity contribution in [3.63, 3.8) is 0 Å². The van der Waals surface area contributed by atoms with E-state index in [1.54, 1.807) is 20.3 Å². The molecule has 3 aromatic carbocycles. The third-order valence-electron chi connectivity index (χ3n) is 21.1. The number of likely N-dealkylation sites (tertiary alicyclic amines) is 3. The van der Waals surface area contributed by atoms with Gasteiger partial charge in [-0.3, -0.25) is 9.68 Å². The maximum atomic E-state index is 13.4. The second-order valence-corrected chi connectivity index (χ2v) is 23.8. The van der Waals surface area contributed by atoms with Crippen LogP contribution in [0.3, 0.4) is 0 Å². The molecule has 4 aromatic rings. The first-order valence-electron chi connectivity index (χ1n) is 27.4. The smallest absolute Gasteiger partial charge is 0.504 e. The van der Waals surface area contributed by atoms with Crippen molar-refractivity contribution in [2.45, 2.75) is 134 Å². The SMILES string of the molecule is COc1ccc2c3c1O[C@H]1C(=NOC(=O)O[C@H]4C=CC5C6Cc7ccc(O)c8c7[C@@]5(CCN6C)[C@H]4O8)CC[C@@]4(O)C(C2)N(C)CC[C@]314.COc1ccc2c3c1O[C@H]1C(=NOC(=O)n4ccnc4)CC[C@@]4(O)C(C2)N(C)CC[C@]314. The van der Waals surface area contributed by atoms with Gasteiger partial charge in [0.2, 0.25) is 0 Å². The Morgan fingerprint density at radius 3 is 1.85 bits per heavy atom. The van der Waals surface area contributed by atoms with Crippen molar-refractivity contribution in [2.75, 3.05) is 55.0 Å². The number of phenolic OH excluding ortho intramolecular Hbond substituents is 1. The number of rotatable bonds is 5. The van der Waals surface area contributed by atoms with Crippen molar-refractivity contribution < 1.29 is 63.0 Å². The number of ether oxygens (including phenoxy) is 6. The van der Waals surface area contributed by atoms with Crippen molar-refractivity contribution >= 4 is 23.7 Å². The Hall–Kier alpha value is -6.71. The number of aromatic nitrogens is 2. The molecule has 6 aliphatic heterocycles. The standard InChI is InChI=1S/C36H39N3O8.C22H24N4O5/c1-38-14-12-34-20-6-9-25(32(34)45-29-23(40)7-4-18(27(29)34)16-22(20)38)44-33(41)47-37-21-10-11-36(42)26-17-19-5-8-24(43-3)30-28(19)35(36,31(21)46-30)13-15-39(26)2;1-25-9-7-21-17-13-3-4-15(29-2)18(17)30-19(21)14(5-6-22(21,28)16(25)11-13)24-31-20(27)26-10-8-23-12-26/h4-9,20,22,25-26,31-32,40,42H,10-17H2,1-3H3;3-4,8,10,12,16,19,28H,5-7,9,11H2,1-2H3/t20?,22?,25-,26?,31-,32-,34-,35-,36+;16?,19-,21-,22+/m00/s1. The third kappa shape index (κ3) is 5.99. The van der Waals surface area contributed by atoms with E-state index in [9.17, 15) is 24.9 Å². The van der Waals surface area contributed by atoms with Gasteiger partial charge in [-0.25, -0.2) is 19.1 Å². The van der Waals surface area contributed by atoms with Crippen LogP contribution < -0.4 is 23.7 Å². The van der Waals surface area contributed by atoms with Gasteiger partial charge in [0.1, 0.15) is 12.4 Å². The fourth-order valence-corrected chi connectivity index (χ4v) is 17.7. The summed E-state index contributed by atoms with van der Waals surface area (Å²) in [4.78, 5) is 47.2. The molecule has 0 radical (unpaired) electrons. The highest BCUT2D eigenvalue weighted by molar-refractivity contribution is 5.95. The average Bonchev–Trinajstić information content (AvgIpc) is 4.28. The first kappa shape index (κ1) is 48.4. The molecule has 4 unspecified atom stereocenters. The van der Waals surface area contributed by atoms with Crippen LogP contribution in [-0.4, -0.2) is 172 Å². The van der Waals surface area contributed by atoms with Crippen molar-refractivity contribution in [1.82, 2.24) is 24.3 Å². The molecule has 3 N–H and O–H groups in total. The number of carbonyl (C=O) groups is 2. The van der Waals surface area contributed by atoms with E-state index in [0.717, 1.165) is 74.0 Å². The second kappa shape index (κ2) is 16.7. The number of phenols is 1. The van der Waals surface area contributed by atoms with Crippen molar-refractivity contribution in [2.24, 2.45) is 16.2 Å². The quantitative estimate of drug-likeness (QED) is 0.104. The zero-order chi connectivity index (χ0) is 53.4. The Morgan fingerprint density at radius 1 is 0.679 bits per heavy atom. The molecular formula is C58H63N7O13. The molecule has 408 valence electrons. The van der Waals surface area contributed by atoms with E-state index in [2.05, 4.69) is 69.3 Å². The van der Waals surface area contributed by atoms with Crippen LogP contribution >= 0.6 is 0 Å². The van der Waals surface area contributed by atoms with Gasteiger partial charge in [0, 0.05) is 58.5 Å². The third-order valence-corrected chi connectivity index (χ3v) is 21.1. The fraction of sp³-hybridized carbons (Fsp3) is 0.534. The van der Waals surface area contributed by atoms with Crippen LogP contribution in [0.1, 0.15) is 78.3 Å². The first-order valence-corrected chi connectivity index (χ1v) is 27.4. The number of methoxy groups -OCH3 is 2. The average molecular weight is 1070 g/mol. The van der Waals surface area contributed by atoms with Crippen LogP contribution in [0.4, 0.5) is 9.59 Å². The Labute approximate surface area is 450 Å². The molecule has 78 heavy (non-hydrogen) atoms. The highest BCUT2D eigenvalue weighted by atomic mass is 16.8. The maximum absolute atomic E-state index is 13.4. The number of aliphatic hydroxyl groups is 2. The molecule has 20 heteroatoms. The monoisotopic (exact) mass is 1070 g/mol. The summed E-state index contributed by atoms with van der Waals surface area (Å²) in [5.74, 6) is 3.41. The Morgan fingerprint density at radius 2 is 1.26 bits per heavy atom. The van der Waals surface area contributed by atoms with Crippen LogP contribution in [-0.2, 0) is 49.9 Å². The summed E-state index contributed by atoms with van der Waals surface area (Å²) < 4.78 is 38.2. The molecular weight excluding hydrogens is 1000 g/mol. The summed E-state index contributed by atoms with van der Waals surface area (Å²) in [6.45, 7) is 2.52. The van der Waals surface area contributed by atoms with E-state index in [0.29, 0.717) is 78.3 Å². The summed E-state index contributed by atoms with van der Waals surface area (Å²) in [5.41, 5.74) is 4.09. The van der Waals surface area contributed by atoms with Crippen LogP contribution in [0.15, 0.2) is 77.6 Å². The zero-order valence-corrected chi connectivity index (χ0v) is 44.2. The van der Waals surface area contributed by atoms with Gasteiger partial charge in [-0.15, -0.1) is 0 Å². The lowest BCUT2D eigenvalue weighted by atomic mass is 9.49. The van der Waals surface area contributed by atoms with Gasteiger partial charge in [0.15, 0.2) is 52.8 Å². The fourth-order valence-electron chi connectivity index (χ4n) is 17.7. The van der Waals surface area contributed by atoms with E-state index >= 15 is 0 Å².